The molecular weight excluding hydrogens is 448 g/mol. The van der Waals surface area contributed by atoms with Crippen molar-refractivity contribution >= 4 is 0 Å². The molecule has 0 saturated carbocycles. The lowest BCUT2D eigenvalue weighted by Crippen LogP contribution is -2.41. The van der Waals surface area contributed by atoms with Crippen LogP contribution in [0.3, 0.4) is 0 Å². The highest BCUT2D eigenvalue weighted by molar-refractivity contribution is 4.90. The smallest absolute Gasteiger partial charge is 0.247 e. The number of aromatic nitrogens is 2. The number of unbranched alkanes of at least 4 members (excludes halogenated alkanes) is 20. The van der Waals surface area contributed by atoms with Gasteiger partial charge in [0.2, 0.25) is 0 Å². The number of imidazole rings is 1. The van der Waals surface area contributed by atoms with Crippen LogP contribution >= 0.6 is 0 Å². The van der Waals surface area contributed by atoms with E-state index in [0.29, 0.717) is 12.0 Å². The Morgan fingerprint density at radius 3 is 1.35 bits per heavy atom. The van der Waals surface area contributed by atoms with Crippen molar-refractivity contribution in [1.29, 1.82) is 0 Å². The maximum atomic E-state index is 3.69. The van der Waals surface area contributed by atoms with Crippen LogP contribution in [0.2, 0.25) is 0 Å². The molecule has 0 aliphatic heterocycles. The van der Waals surface area contributed by atoms with Crippen LogP contribution in [0.25, 0.3) is 0 Å². The van der Waals surface area contributed by atoms with Crippen molar-refractivity contribution in [1.82, 2.24) is 4.98 Å². The highest BCUT2D eigenvalue weighted by atomic mass is 15.1. The van der Waals surface area contributed by atoms with Gasteiger partial charge in [-0.1, -0.05) is 162 Å². The predicted octanol–water partition coefficient (Wildman–Crippen LogP) is 12.1. The average molecular weight is 518 g/mol. The van der Waals surface area contributed by atoms with Gasteiger partial charge in [0.05, 0.1) is 12.0 Å². The van der Waals surface area contributed by atoms with Crippen LogP contribution < -0.4 is 4.57 Å². The SMILES string of the molecule is CCCCCCCCCCCCCCCC(CCCC)c1[nH]cc[n+]1C(C)CCCCCCCCCC. The van der Waals surface area contributed by atoms with Crippen molar-refractivity contribution in [2.45, 2.75) is 207 Å². The Kier molecular flexibility index (Phi) is 23.6. The molecule has 37 heavy (non-hydrogen) atoms. The fraction of sp³-hybridized carbons (Fsp3) is 0.914. The number of hydrogen-bond donors (Lipinski definition) is 1. The lowest BCUT2D eigenvalue weighted by atomic mass is 9.93. The fourth-order valence-electron chi connectivity index (χ4n) is 6.06. The molecule has 1 heterocycles. The summed E-state index contributed by atoms with van der Waals surface area (Å²) >= 11 is 0. The summed E-state index contributed by atoms with van der Waals surface area (Å²) in [6.45, 7) is 9.40. The van der Waals surface area contributed by atoms with E-state index in [2.05, 4.69) is 49.6 Å². The van der Waals surface area contributed by atoms with Crippen LogP contribution in [-0.4, -0.2) is 4.98 Å². The Balaban J connectivity index is 2.25. The predicted molar refractivity (Wildman–Crippen MR) is 166 cm³/mol. The summed E-state index contributed by atoms with van der Waals surface area (Å²) in [7, 11) is 0. The van der Waals surface area contributed by atoms with E-state index in [4.69, 9.17) is 0 Å². The molecule has 2 nitrogen and oxygen atoms in total. The zero-order valence-electron chi connectivity index (χ0n) is 26.1. The second kappa shape index (κ2) is 25.5. The molecular formula is C35H69N2+. The molecule has 2 atom stereocenters. The van der Waals surface area contributed by atoms with E-state index in [-0.39, 0.29) is 0 Å². The average Bonchev–Trinajstić information content (AvgIpc) is 3.40. The lowest BCUT2D eigenvalue weighted by Gasteiger charge is -2.17. The molecule has 0 aromatic carbocycles. The van der Waals surface area contributed by atoms with Gasteiger partial charge >= 0.3 is 0 Å². The minimum atomic E-state index is 0.622. The Hall–Kier alpha value is -0.790. The second-order valence-electron chi connectivity index (χ2n) is 12.2. The van der Waals surface area contributed by atoms with Crippen LogP contribution in [0.15, 0.2) is 12.4 Å². The molecule has 0 bridgehead atoms. The number of H-pyrrole nitrogens is 1. The largest absolute Gasteiger partial charge is 0.257 e. The van der Waals surface area contributed by atoms with Gasteiger partial charge in [-0.3, -0.25) is 0 Å². The molecule has 0 aliphatic rings. The Morgan fingerprint density at radius 2 is 0.892 bits per heavy atom. The van der Waals surface area contributed by atoms with Gasteiger partial charge in [-0.05, 0) is 32.6 Å². The fourth-order valence-corrected chi connectivity index (χ4v) is 6.06. The Morgan fingerprint density at radius 1 is 0.514 bits per heavy atom. The van der Waals surface area contributed by atoms with Crippen LogP contribution in [0.1, 0.15) is 212 Å². The van der Waals surface area contributed by atoms with E-state index in [0.717, 1.165) is 0 Å². The third kappa shape index (κ3) is 18.2. The van der Waals surface area contributed by atoms with Gasteiger partial charge in [-0.2, -0.15) is 0 Å². The van der Waals surface area contributed by atoms with Gasteiger partial charge in [0.15, 0.2) is 0 Å². The molecule has 0 aliphatic carbocycles. The topological polar surface area (TPSA) is 19.7 Å². The van der Waals surface area contributed by atoms with Crippen LogP contribution in [0.5, 0.6) is 0 Å². The molecule has 0 spiro atoms. The van der Waals surface area contributed by atoms with Crippen LogP contribution in [0, 0.1) is 0 Å². The van der Waals surface area contributed by atoms with Crippen LogP contribution in [0.4, 0.5) is 0 Å². The number of aromatic amines is 1. The van der Waals surface area contributed by atoms with Crippen molar-refractivity contribution < 1.29 is 4.57 Å². The van der Waals surface area contributed by atoms with Crippen molar-refractivity contribution in [2.24, 2.45) is 0 Å². The van der Waals surface area contributed by atoms with Crippen molar-refractivity contribution in [3.63, 3.8) is 0 Å². The third-order valence-corrected chi connectivity index (χ3v) is 8.64. The highest BCUT2D eigenvalue weighted by Crippen LogP contribution is 2.26. The molecule has 1 rings (SSSR count). The maximum Gasteiger partial charge on any atom is 0.257 e. The van der Waals surface area contributed by atoms with Gasteiger partial charge < -0.3 is 0 Å². The van der Waals surface area contributed by atoms with E-state index in [9.17, 15) is 0 Å². The Labute approximate surface area is 234 Å². The molecule has 1 aromatic heterocycles. The van der Waals surface area contributed by atoms with Crippen molar-refractivity contribution in [2.75, 3.05) is 0 Å². The quantitative estimate of drug-likeness (QED) is 0.0842. The summed E-state index contributed by atoms with van der Waals surface area (Å²) in [4.78, 5) is 3.69. The number of nitrogens with one attached hydrogen (secondary N) is 1. The summed E-state index contributed by atoms with van der Waals surface area (Å²) in [5.41, 5.74) is 0. The number of rotatable bonds is 28. The highest BCUT2D eigenvalue weighted by Gasteiger charge is 2.25. The lowest BCUT2D eigenvalue weighted by molar-refractivity contribution is -0.727. The third-order valence-electron chi connectivity index (χ3n) is 8.64. The standard InChI is InChI=1S/C35H68N2/c1-5-8-11-13-15-17-18-19-20-21-23-25-27-30-34(29-10-7-3)35-36-31-32-37(35)33(4)28-26-24-22-16-14-12-9-6-2/h31-34H,5-30H2,1-4H3/p+1. The number of nitrogens with zero attached hydrogens (tertiary/aromatic N) is 1. The summed E-state index contributed by atoms with van der Waals surface area (Å²) in [6.07, 6.45) is 41.3. The normalized spacial score (nSPS) is 13.3. The summed E-state index contributed by atoms with van der Waals surface area (Å²) in [5.74, 6) is 2.23. The first kappa shape index (κ1) is 34.2. The maximum absolute atomic E-state index is 3.69. The van der Waals surface area contributed by atoms with Gasteiger partial charge in [-0.15, -0.1) is 0 Å². The molecule has 1 N–H and O–H groups in total. The molecule has 2 unspecified atom stereocenters. The first-order valence-electron chi connectivity index (χ1n) is 17.3. The van der Waals surface area contributed by atoms with Gasteiger partial charge in [0.1, 0.15) is 12.4 Å². The second-order valence-corrected chi connectivity index (χ2v) is 12.2. The Bertz CT molecular complexity index is 578. The minimum absolute atomic E-state index is 0.622. The molecule has 0 amide bonds. The van der Waals surface area contributed by atoms with Crippen molar-refractivity contribution in [3.05, 3.63) is 18.2 Å². The van der Waals surface area contributed by atoms with E-state index in [1.807, 2.05) is 0 Å². The monoisotopic (exact) mass is 518 g/mol. The van der Waals surface area contributed by atoms with Crippen molar-refractivity contribution in [3.8, 4) is 0 Å². The van der Waals surface area contributed by atoms with E-state index >= 15 is 0 Å². The first-order valence-corrected chi connectivity index (χ1v) is 17.3. The minimum Gasteiger partial charge on any atom is -0.247 e. The zero-order valence-corrected chi connectivity index (χ0v) is 26.1. The molecule has 218 valence electrons. The van der Waals surface area contributed by atoms with E-state index < -0.39 is 0 Å². The first-order chi connectivity index (χ1) is 18.2. The van der Waals surface area contributed by atoms with Gasteiger partial charge in [-0.25, -0.2) is 9.55 Å². The zero-order chi connectivity index (χ0) is 26.8. The molecule has 0 saturated heterocycles. The summed E-state index contributed by atoms with van der Waals surface area (Å²) in [5, 5.41) is 0. The van der Waals surface area contributed by atoms with E-state index in [1.165, 1.54) is 173 Å². The molecule has 1 aromatic rings. The molecule has 0 radical (unpaired) electrons. The van der Waals surface area contributed by atoms with E-state index in [1.54, 1.807) is 0 Å². The molecule has 0 fully saturated rings. The summed E-state index contributed by atoms with van der Waals surface area (Å²) < 4.78 is 2.60. The summed E-state index contributed by atoms with van der Waals surface area (Å²) in [6, 6.07) is 0.622. The number of hydrogen-bond acceptors (Lipinski definition) is 0. The van der Waals surface area contributed by atoms with Gasteiger partial charge in [0, 0.05) is 0 Å². The van der Waals surface area contributed by atoms with Crippen LogP contribution in [-0.2, 0) is 0 Å². The molecule has 2 heteroatoms. The van der Waals surface area contributed by atoms with Gasteiger partial charge in [0.25, 0.3) is 5.82 Å².